The minimum absolute atomic E-state index is 0.0262. The highest BCUT2D eigenvalue weighted by Gasteiger charge is 2.39. The molecule has 21 heteroatoms. The van der Waals surface area contributed by atoms with Gasteiger partial charge in [-0.3, -0.25) is 38.6 Å². The molecule has 1 saturated heterocycles. The molecule has 1 aliphatic rings. The molecule has 21 nitrogen and oxygen atoms in total. The van der Waals surface area contributed by atoms with Gasteiger partial charge in [0.25, 0.3) is 0 Å². The van der Waals surface area contributed by atoms with Gasteiger partial charge in [0.05, 0.1) is 6.04 Å². The Bertz CT molecular complexity index is 1710. The number of carbonyl (C=O) groups is 8. The van der Waals surface area contributed by atoms with E-state index in [1.165, 1.54) is 25.7 Å². The zero-order chi connectivity index (χ0) is 46.5. The molecule has 0 radical (unpaired) electrons. The maximum Gasteiger partial charge on any atom is 0.326 e. The zero-order valence-electron chi connectivity index (χ0n) is 36.5. The number of carboxylic acids is 1. The van der Waals surface area contributed by atoms with Gasteiger partial charge in [-0.25, -0.2) is 4.79 Å². The SMILES string of the molecule is CC(C)C[C@H](NC(=O)[C@@H]1CCCN1C(=O)[C@H](CCCCN)NC(=O)[C@@H](N)Cc1ccccc1)C(=O)N[C@@H](C)C(=O)N[C@@H](C)C(=O)N[C@H](C)C(=O)N[C@@H](CCCN=C(N)N)C(=O)O. The Kier molecular flexibility index (Phi) is 22.4. The van der Waals surface area contributed by atoms with E-state index in [4.69, 9.17) is 22.9 Å². The monoisotopic (exact) mass is 873 g/mol. The first-order valence-corrected chi connectivity index (χ1v) is 21.2. The molecule has 7 amide bonds. The predicted molar refractivity (Wildman–Crippen MR) is 231 cm³/mol. The van der Waals surface area contributed by atoms with Crippen molar-refractivity contribution >= 4 is 53.3 Å². The number of nitrogens with one attached hydrogen (secondary N) is 6. The number of guanidine groups is 1. The lowest BCUT2D eigenvalue weighted by Crippen LogP contribution is -2.59. The van der Waals surface area contributed by atoms with E-state index < -0.39 is 95.7 Å². The first-order chi connectivity index (χ1) is 29.2. The Balaban J connectivity index is 2.03. The number of hydrogen-bond acceptors (Lipinski definition) is 11. The molecule has 1 aromatic carbocycles. The van der Waals surface area contributed by atoms with Crippen molar-refractivity contribution in [2.24, 2.45) is 33.8 Å². The maximum atomic E-state index is 14.0. The van der Waals surface area contributed by atoms with Gasteiger partial charge >= 0.3 is 5.97 Å². The smallest absolute Gasteiger partial charge is 0.326 e. The molecular weight excluding hydrogens is 805 g/mol. The summed E-state index contributed by atoms with van der Waals surface area (Å²) in [7, 11) is 0. The number of aliphatic imine (C=N–C) groups is 1. The van der Waals surface area contributed by atoms with Crippen molar-refractivity contribution < 1.29 is 43.5 Å². The Labute approximate surface area is 363 Å². The van der Waals surface area contributed by atoms with Crippen molar-refractivity contribution in [1.29, 1.82) is 0 Å². The first-order valence-electron chi connectivity index (χ1n) is 21.2. The van der Waals surface area contributed by atoms with Crippen LogP contribution in [0.5, 0.6) is 0 Å². The lowest BCUT2D eigenvalue weighted by Gasteiger charge is -2.31. The molecule has 0 spiro atoms. The summed E-state index contributed by atoms with van der Waals surface area (Å²) in [6.07, 6.45) is 3.05. The number of carbonyl (C=O) groups excluding carboxylic acids is 7. The van der Waals surface area contributed by atoms with E-state index >= 15 is 0 Å². The van der Waals surface area contributed by atoms with Crippen LogP contribution in [0.2, 0.25) is 0 Å². The standard InChI is InChI=1S/C41H68N12O9/c1-23(2)21-31(37(58)49-25(4)34(55)47-24(3)33(54)48-26(5)35(56)51-30(40(61)62)16-11-19-46-41(44)45)52-38(59)32-17-12-20-53(32)39(60)29(15-9-10-18-42)50-36(57)28(43)22-27-13-7-6-8-14-27/h6-8,13-14,23-26,28-32H,9-12,15-22,42-43H2,1-5H3,(H,47,55)(H,48,54)(H,49,58)(H,50,57)(H,51,56)(H,52,59)(H,61,62)(H4,44,45,46)/t24-,25-,26+,28-,29-,30-,31-,32-/m0/s1. The Morgan fingerprint density at radius 1 is 0.726 bits per heavy atom. The Hall–Kier alpha value is -5.83. The lowest BCUT2D eigenvalue weighted by atomic mass is 10.0. The maximum absolute atomic E-state index is 14.0. The van der Waals surface area contributed by atoms with Crippen LogP contribution in [0.15, 0.2) is 35.3 Å². The molecule has 1 aliphatic heterocycles. The van der Waals surface area contributed by atoms with Crippen LogP contribution in [0.4, 0.5) is 0 Å². The molecule has 0 unspecified atom stereocenters. The second-order valence-electron chi connectivity index (χ2n) is 16.1. The molecule has 0 bridgehead atoms. The highest BCUT2D eigenvalue weighted by Crippen LogP contribution is 2.21. The lowest BCUT2D eigenvalue weighted by molar-refractivity contribution is -0.142. The summed E-state index contributed by atoms with van der Waals surface area (Å²) in [4.78, 5) is 110. The number of unbranched alkanes of at least 4 members (excludes halogenated alkanes) is 1. The molecule has 346 valence electrons. The van der Waals surface area contributed by atoms with Gasteiger partial charge < -0.3 is 64.8 Å². The van der Waals surface area contributed by atoms with Crippen LogP contribution < -0.4 is 54.8 Å². The van der Waals surface area contributed by atoms with Crippen LogP contribution in [0.25, 0.3) is 0 Å². The van der Waals surface area contributed by atoms with Gasteiger partial charge in [-0.05, 0) is 96.6 Å². The van der Waals surface area contributed by atoms with Crippen LogP contribution in [0.1, 0.15) is 91.5 Å². The van der Waals surface area contributed by atoms with Gasteiger partial charge in [-0.2, -0.15) is 0 Å². The van der Waals surface area contributed by atoms with Crippen LogP contribution >= 0.6 is 0 Å². The fourth-order valence-corrected chi connectivity index (χ4v) is 6.71. The summed E-state index contributed by atoms with van der Waals surface area (Å²) >= 11 is 0. The third-order valence-electron chi connectivity index (χ3n) is 10.2. The average molecular weight is 873 g/mol. The summed E-state index contributed by atoms with van der Waals surface area (Å²) in [5.74, 6) is -5.95. The number of aliphatic carboxylic acids is 1. The van der Waals surface area contributed by atoms with Gasteiger partial charge in [0.15, 0.2) is 5.96 Å². The van der Waals surface area contributed by atoms with E-state index in [2.05, 4.69) is 36.9 Å². The third-order valence-corrected chi connectivity index (χ3v) is 10.2. The molecule has 1 heterocycles. The molecule has 15 N–H and O–H groups in total. The first kappa shape index (κ1) is 52.3. The number of rotatable bonds is 26. The minimum Gasteiger partial charge on any atom is -0.480 e. The van der Waals surface area contributed by atoms with Crippen molar-refractivity contribution in [2.45, 2.75) is 141 Å². The van der Waals surface area contributed by atoms with E-state index in [0.717, 1.165) is 5.56 Å². The molecule has 0 saturated carbocycles. The molecular formula is C41H68N12O9. The normalized spacial score (nSPS) is 16.9. The fraction of sp³-hybridized carbons (Fsp3) is 0.634. The number of nitrogens with zero attached hydrogens (tertiary/aromatic N) is 2. The quantitative estimate of drug-likeness (QED) is 0.0269. The Morgan fingerprint density at radius 3 is 1.82 bits per heavy atom. The van der Waals surface area contributed by atoms with Crippen molar-refractivity contribution in [3.8, 4) is 0 Å². The van der Waals surface area contributed by atoms with Gasteiger partial charge in [-0.15, -0.1) is 0 Å². The topological polar surface area (TPSA) is 349 Å². The third kappa shape index (κ3) is 18.0. The van der Waals surface area contributed by atoms with Crippen LogP contribution in [-0.4, -0.2) is 131 Å². The van der Waals surface area contributed by atoms with E-state index in [1.54, 1.807) is 0 Å². The highest BCUT2D eigenvalue weighted by atomic mass is 16.4. The van der Waals surface area contributed by atoms with E-state index in [-0.39, 0.29) is 57.1 Å². The number of hydrogen-bond donors (Lipinski definition) is 11. The van der Waals surface area contributed by atoms with Crippen LogP contribution in [0, 0.1) is 5.92 Å². The minimum atomic E-state index is -1.29. The highest BCUT2D eigenvalue weighted by molar-refractivity contribution is 5.97. The number of benzene rings is 1. The van der Waals surface area contributed by atoms with Gasteiger partial charge in [0, 0.05) is 13.1 Å². The summed E-state index contributed by atoms with van der Waals surface area (Å²) in [6.45, 7) is 8.61. The molecule has 8 atom stereocenters. The van der Waals surface area contributed by atoms with Crippen molar-refractivity contribution in [1.82, 2.24) is 36.8 Å². The van der Waals surface area contributed by atoms with E-state index in [1.807, 2.05) is 44.2 Å². The molecule has 2 rings (SSSR count). The van der Waals surface area contributed by atoms with E-state index in [0.29, 0.717) is 32.2 Å². The fourth-order valence-electron chi connectivity index (χ4n) is 6.71. The summed E-state index contributed by atoms with van der Waals surface area (Å²) < 4.78 is 0. The van der Waals surface area contributed by atoms with Crippen molar-refractivity contribution in [2.75, 3.05) is 19.6 Å². The van der Waals surface area contributed by atoms with Crippen LogP contribution in [-0.2, 0) is 44.8 Å². The van der Waals surface area contributed by atoms with E-state index in [9.17, 15) is 43.5 Å². The number of amides is 7. The molecule has 62 heavy (non-hydrogen) atoms. The second kappa shape index (κ2) is 26.5. The summed E-state index contributed by atoms with van der Waals surface area (Å²) in [6, 6.07) is 0.587. The number of nitrogens with two attached hydrogens (primary N) is 4. The van der Waals surface area contributed by atoms with Gasteiger partial charge in [0.2, 0.25) is 41.4 Å². The van der Waals surface area contributed by atoms with Gasteiger partial charge in [-0.1, -0.05) is 44.2 Å². The van der Waals surface area contributed by atoms with Crippen molar-refractivity contribution in [3.05, 3.63) is 35.9 Å². The van der Waals surface area contributed by atoms with Crippen molar-refractivity contribution in [3.63, 3.8) is 0 Å². The molecule has 0 aliphatic carbocycles. The largest absolute Gasteiger partial charge is 0.480 e. The Morgan fingerprint density at radius 2 is 1.27 bits per heavy atom. The van der Waals surface area contributed by atoms with Crippen LogP contribution in [0.3, 0.4) is 0 Å². The second-order valence-corrected chi connectivity index (χ2v) is 16.1. The molecule has 0 aromatic heterocycles. The molecule has 1 fully saturated rings. The average Bonchev–Trinajstić information content (AvgIpc) is 3.71. The summed E-state index contributed by atoms with van der Waals surface area (Å²) in [5.41, 5.74) is 23.3. The summed E-state index contributed by atoms with van der Waals surface area (Å²) in [5, 5.41) is 24.9. The molecule has 1 aromatic rings. The van der Waals surface area contributed by atoms with Gasteiger partial charge in [0.1, 0.15) is 42.3 Å². The number of likely N-dealkylation sites (tertiary alicyclic amines) is 1. The predicted octanol–water partition coefficient (Wildman–Crippen LogP) is -2.17. The zero-order valence-corrected chi connectivity index (χ0v) is 36.5. The number of carboxylic acid groups (broad SMARTS) is 1.